The lowest BCUT2D eigenvalue weighted by atomic mass is 9.85. The van der Waals surface area contributed by atoms with E-state index in [4.69, 9.17) is 25.7 Å². The highest BCUT2D eigenvalue weighted by Crippen LogP contribution is 2.42. The number of benzene rings is 2. The number of aliphatic hydroxyl groups excluding tert-OH is 4. The highest BCUT2D eigenvalue weighted by molar-refractivity contribution is 9.11. The zero-order valence-electron chi connectivity index (χ0n) is 65.2. The third kappa shape index (κ3) is 19.4. The van der Waals surface area contributed by atoms with Gasteiger partial charge in [0.25, 0.3) is 0 Å². The number of halogens is 4. The topological polar surface area (TPSA) is 391 Å². The first kappa shape index (κ1) is 82.2. The summed E-state index contributed by atoms with van der Waals surface area (Å²) in [4.78, 5) is 38.5. The number of nitrogen functional groups attached to an aromatic ring is 1. The Morgan fingerprint density at radius 2 is 0.949 bits per heavy atom. The molecule has 4 aliphatic rings. The third-order valence-electron chi connectivity index (χ3n) is 22.6. The second-order valence-electron chi connectivity index (χ2n) is 30.4. The third-order valence-corrected chi connectivity index (χ3v) is 24.9. The second kappa shape index (κ2) is 38.2. The summed E-state index contributed by atoms with van der Waals surface area (Å²) in [6, 6.07) is 25.1. The fraction of sp³-hybridized carbons (Fsp3) is 0.420. The lowest BCUT2D eigenvalue weighted by molar-refractivity contribution is -0.605. The van der Waals surface area contributed by atoms with Crippen LogP contribution >= 0.6 is 63.7 Å². The Kier molecular flexibility index (Phi) is 26.8. The van der Waals surface area contributed by atoms with E-state index in [9.17, 15) is 25.6 Å². The van der Waals surface area contributed by atoms with E-state index in [1.807, 2.05) is 58.6 Å². The maximum absolute atomic E-state index is 11.5. The van der Waals surface area contributed by atoms with Gasteiger partial charge in [-0.05, 0) is 182 Å². The minimum absolute atomic E-state index is 0.193. The van der Waals surface area contributed by atoms with Crippen molar-refractivity contribution in [2.45, 2.75) is 153 Å². The molecule has 3 aliphatic carbocycles. The number of aliphatic hydroxyl groups is 4. The number of piperidine rings is 1. The van der Waals surface area contributed by atoms with Crippen molar-refractivity contribution in [1.82, 2.24) is 87.5 Å². The molecule has 36 heteroatoms. The van der Waals surface area contributed by atoms with Crippen LogP contribution in [-0.2, 0) is 40.3 Å². The van der Waals surface area contributed by atoms with Gasteiger partial charge in [0.1, 0.15) is 40.7 Å². The van der Waals surface area contributed by atoms with Crippen molar-refractivity contribution in [3.63, 3.8) is 0 Å². The molecule has 0 amide bonds. The Balaban J connectivity index is 0.000000122. The van der Waals surface area contributed by atoms with Crippen molar-refractivity contribution < 1.29 is 25.2 Å². The van der Waals surface area contributed by atoms with Crippen LogP contribution < -0.4 is 47.3 Å². The molecule has 1 saturated heterocycles. The van der Waals surface area contributed by atoms with E-state index in [1.54, 1.807) is 63.0 Å². The van der Waals surface area contributed by atoms with Crippen molar-refractivity contribution in [1.29, 1.82) is 0 Å². The fourth-order valence-corrected chi connectivity index (χ4v) is 17.8. The summed E-state index contributed by atoms with van der Waals surface area (Å²) < 4.78 is 15.4. The van der Waals surface area contributed by atoms with Gasteiger partial charge >= 0.3 is 0 Å². The van der Waals surface area contributed by atoms with Gasteiger partial charge in [-0.25, -0.2) is 39.9 Å². The number of imidazole rings is 2. The summed E-state index contributed by atoms with van der Waals surface area (Å²) in [5.74, 6) is 7.46. The van der Waals surface area contributed by atoms with Gasteiger partial charge in [0, 0.05) is 169 Å². The molecule has 32 nitrogen and oxygen atoms in total. The number of fused-ring (bicyclic) bond motifs is 6. The summed E-state index contributed by atoms with van der Waals surface area (Å²) in [7, 11) is 4.00. The zero-order chi connectivity index (χ0) is 81.1. The summed E-state index contributed by atoms with van der Waals surface area (Å²) in [6.07, 6.45) is 34.3. The van der Waals surface area contributed by atoms with E-state index in [-0.39, 0.29) is 56.3 Å². The summed E-state index contributed by atoms with van der Waals surface area (Å²) in [5, 5.41) is 88.5. The predicted octanol–water partition coefficient (Wildman–Crippen LogP) is 13.1. The number of pyridine rings is 1. The number of aryl methyl sites for hydroxylation is 2. The number of rotatable bonds is 24. The Morgan fingerprint density at radius 1 is 0.479 bits per heavy atom. The van der Waals surface area contributed by atoms with E-state index in [2.05, 4.69) is 189 Å². The first-order chi connectivity index (χ1) is 57.0. The Labute approximate surface area is 709 Å². The van der Waals surface area contributed by atoms with Gasteiger partial charge in [-0.15, -0.1) is 0 Å². The Bertz CT molecular complexity index is 5690. The van der Waals surface area contributed by atoms with Gasteiger partial charge in [0.15, 0.2) is 35.0 Å². The lowest BCUT2D eigenvalue weighted by Gasteiger charge is -2.36. The van der Waals surface area contributed by atoms with Gasteiger partial charge in [0.2, 0.25) is 5.95 Å². The molecule has 12 N–H and O–H groups in total. The number of anilines is 8. The maximum atomic E-state index is 11.5. The standard InChI is InChI=1S/2C22H26BrN7O.C19H22BrN5O2.C18H23BrN8O/c1-28-14-25-18-10-15(5-6-19(18)28)12-24-20-11-21(27-22-17(23)13-26-30(20)22)29-8-3-2-4-16(29)7-9-31;1-29-13-25-18-8-14(6-7-19(18)29)10-24-21-9-20(28-22-16(23)11-26-30(21)22)27-17-5-3-2-4-15(17)12-31;20-16-11-22-25-18(21-10-13-3-2-7-24(27)12-13)9-17(23-19(16)25)15-5-1-4-14(15)6-8-26;19-13-9-24-27-16(21-6-11-7-22-18(20)23-8-11)5-15(26-17(13)27)25-14-4-2-1-3-12(14)10-28/h5-6,10-11,13-14,16,24,31H,2-4,7-9,12H2,1H3;6-9,11,13,15,17,24,31H,2-5,10,12H2,1H3,(H,27,28);2-3,7,9,11-12,14-15,21,26H,1,4-6,8,10H2;5,7-9,12,14,21,28H,1-4,6,10H2,(H,25,26)(H2,20,22,23)/t16-;15-,17-;14-,15?;12-,14-/m0000/s1. The minimum atomic E-state index is 0.193. The smallest absolute Gasteiger partial charge is 0.219 e. The van der Waals surface area contributed by atoms with Crippen LogP contribution in [-0.4, -0.2) is 159 Å². The SMILES string of the molecule is Cn1cnc2cc(CNc3cc(N4CCCC[C@H]4CCO)nc4c(Br)cnn34)ccc21.Cn1cnc2cc(CNc3cc(N[C@H]4CCCC[C@H]4CO)nc4c(Br)cnn34)ccc21.Nc1ncc(CNc2cc(N[C@H]3CCCC[C@H]3CO)nc3c(Br)cnn23)cn1.[O-][n+]1cccc(CNc2cc(C3CCC[C@H]3CCO)nc3c(Br)cnn23)c1. The van der Waals surface area contributed by atoms with Gasteiger partial charge in [-0.3, -0.25) is 0 Å². The normalized spacial score (nSPS) is 18.8. The summed E-state index contributed by atoms with van der Waals surface area (Å²) in [5.41, 5.74) is 17.9. The summed E-state index contributed by atoms with van der Waals surface area (Å²) in [6.45, 7) is 4.11. The van der Waals surface area contributed by atoms with E-state index >= 15 is 0 Å². The predicted molar refractivity (Wildman–Crippen MR) is 467 cm³/mol. The zero-order valence-corrected chi connectivity index (χ0v) is 71.5. The molecule has 614 valence electrons. The molecular weight excluding hydrogens is 1750 g/mol. The van der Waals surface area contributed by atoms with E-state index in [1.165, 1.54) is 38.3 Å². The van der Waals surface area contributed by atoms with Crippen molar-refractivity contribution in [3.8, 4) is 0 Å². The van der Waals surface area contributed by atoms with Crippen LogP contribution in [0.5, 0.6) is 0 Å². The van der Waals surface area contributed by atoms with E-state index in [0.717, 1.165) is 213 Å². The minimum Gasteiger partial charge on any atom is -0.619 e. The Morgan fingerprint density at radius 3 is 1.47 bits per heavy atom. The van der Waals surface area contributed by atoms with Crippen LogP contribution in [0, 0.1) is 23.0 Å². The molecule has 14 aromatic rings. The molecule has 1 unspecified atom stereocenters. The van der Waals surface area contributed by atoms with Crippen LogP contribution in [0.4, 0.5) is 46.7 Å². The molecule has 0 spiro atoms. The van der Waals surface area contributed by atoms with Gasteiger partial charge in [-0.1, -0.05) is 44.2 Å². The number of nitrogens with two attached hydrogens (primary N) is 1. The van der Waals surface area contributed by atoms with Crippen LogP contribution in [0.3, 0.4) is 0 Å². The number of hydrogen-bond acceptors (Lipinski definition) is 25. The summed E-state index contributed by atoms with van der Waals surface area (Å²) >= 11 is 14.2. The van der Waals surface area contributed by atoms with E-state index < -0.39 is 0 Å². The number of nitrogens with zero attached hydrogens (tertiary/aromatic N) is 20. The fourth-order valence-electron chi connectivity index (χ4n) is 16.5. The molecule has 2 aromatic carbocycles. The highest BCUT2D eigenvalue weighted by atomic mass is 79.9. The molecule has 7 atom stereocenters. The van der Waals surface area contributed by atoms with Crippen molar-refractivity contribution >= 4 is 155 Å². The molecule has 0 radical (unpaired) electrons. The molecule has 4 fully saturated rings. The number of nitrogens with one attached hydrogen (secondary N) is 6. The largest absolute Gasteiger partial charge is 0.619 e. The van der Waals surface area contributed by atoms with Crippen molar-refractivity contribution in [3.05, 3.63) is 186 Å². The average molecular weight is 1850 g/mol. The molecule has 3 saturated carbocycles. The lowest BCUT2D eigenvalue weighted by Crippen LogP contribution is -2.40. The number of hydrogen-bond donors (Lipinski definition) is 11. The van der Waals surface area contributed by atoms with Crippen LogP contribution in [0.15, 0.2) is 153 Å². The van der Waals surface area contributed by atoms with Gasteiger partial charge < -0.3 is 77.3 Å². The second-order valence-corrected chi connectivity index (χ2v) is 33.9. The van der Waals surface area contributed by atoms with Crippen LogP contribution in [0.25, 0.3) is 44.7 Å². The quantitative estimate of drug-likeness (QED) is 0.0198. The van der Waals surface area contributed by atoms with Gasteiger partial charge in [0.05, 0.1) is 77.4 Å². The molecule has 1 aliphatic heterocycles. The van der Waals surface area contributed by atoms with Gasteiger partial charge in [-0.2, -0.15) is 43.2 Å². The molecule has 117 heavy (non-hydrogen) atoms. The first-order valence-corrected chi connectivity index (χ1v) is 43.1. The monoisotopic (exact) mass is 1840 g/mol. The Hall–Kier alpha value is -9.95. The molecule has 13 heterocycles. The highest BCUT2D eigenvalue weighted by Gasteiger charge is 2.32. The maximum Gasteiger partial charge on any atom is 0.219 e. The molecule has 12 aromatic heterocycles. The van der Waals surface area contributed by atoms with Crippen LogP contribution in [0.2, 0.25) is 0 Å². The molecule has 0 bridgehead atoms. The number of aromatic nitrogens is 19. The van der Waals surface area contributed by atoms with E-state index in [0.29, 0.717) is 44.1 Å². The van der Waals surface area contributed by atoms with Crippen molar-refractivity contribution in [2.24, 2.45) is 31.8 Å². The average Bonchev–Trinajstić information content (AvgIpc) is 1.58. The first-order valence-electron chi connectivity index (χ1n) is 39.9. The molecule has 18 rings (SSSR count). The molecular formula is C81H97Br4N27O5. The van der Waals surface area contributed by atoms with Crippen LogP contribution in [0.1, 0.15) is 137 Å². The van der Waals surface area contributed by atoms with Crippen molar-refractivity contribution in [2.75, 3.05) is 75.5 Å².